The van der Waals surface area contributed by atoms with Crippen LogP contribution in [0.5, 0.6) is 0 Å². The molecule has 0 saturated carbocycles. The Morgan fingerprint density at radius 2 is 1.67 bits per heavy atom. The van der Waals surface area contributed by atoms with Crippen molar-refractivity contribution in [1.29, 1.82) is 0 Å². The van der Waals surface area contributed by atoms with E-state index in [-0.39, 0.29) is 5.97 Å². The van der Waals surface area contributed by atoms with E-state index >= 15 is 0 Å². The van der Waals surface area contributed by atoms with Gasteiger partial charge < -0.3 is 4.74 Å². The number of fused-ring (bicyclic) bond motifs is 1. The third-order valence-electron chi connectivity index (χ3n) is 3.94. The maximum atomic E-state index is 10.9. The predicted molar refractivity (Wildman–Crippen MR) is 104 cm³/mol. The first kappa shape index (κ1) is 18.6. The van der Waals surface area contributed by atoms with Gasteiger partial charge in [0, 0.05) is 11.0 Å². The molecule has 0 spiro atoms. The molecule has 0 radical (unpaired) electrons. The molecule has 0 saturated heterocycles. The molecule has 0 bridgehead atoms. The maximum absolute atomic E-state index is 10.9. The van der Waals surface area contributed by atoms with Crippen molar-refractivity contribution in [1.82, 2.24) is 0 Å². The number of esters is 1. The van der Waals surface area contributed by atoms with E-state index in [1.54, 1.807) is 0 Å². The van der Waals surface area contributed by atoms with Gasteiger partial charge in [0.05, 0.1) is 6.61 Å². The van der Waals surface area contributed by atoms with Gasteiger partial charge in [-0.15, -0.1) is 11.8 Å². The first-order chi connectivity index (χ1) is 11.8. The molecule has 128 valence electrons. The lowest BCUT2D eigenvalue weighted by Crippen LogP contribution is -2.01. The lowest BCUT2D eigenvalue weighted by Gasteiger charge is -2.05. The molecule has 0 amide bonds. The quantitative estimate of drug-likeness (QED) is 0.217. The average Bonchev–Trinajstić information content (AvgIpc) is 2.62. The number of hydrogen-bond acceptors (Lipinski definition) is 3. The number of thioether (sulfide) groups is 1. The summed E-state index contributed by atoms with van der Waals surface area (Å²) in [5.41, 5.74) is 0. The molecule has 0 aliphatic rings. The summed E-state index contributed by atoms with van der Waals surface area (Å²) >= 11 is 1.95. The smallest absolute Gasteiger partial charge is 0.330 e. The summed E-state index contributed by atoms with van der Waals surface area (Å²) in [7, 11) is 0. The fourth-order valence-electron chi connectivity index (χ4n) is 2.59. The lowest BCUT2D eigenvalue weighted by atomic mass is 10.1. The first-order valence-electron chi connectivity index (χ1n) is 8.70. The van der Waals surface area contributed by atoms with Crippen molar-refractivity contribution < 1.29 is 9.53 Å². The largest absolute Gasteiger partial charge is 0.463 e. The van der Waals surface area contributed by atoms with Gasteiger partial charge in [-0.1, -0.05) is 62.6 Å². The van der Waals surface area contributed by atoms with Crippen LogP contribution in [0.15, 0.2) is 60.0 Å². The molecule has 24 heavy (non-hydrogen) atoms. The van der Waals surface area contributed by atoms with Gasteiger partial charge in [0.15, 0.2) is 0 Å². The van der Waals surface area contributed by atoms with E-state index < -0.39 is 0 Å². The molecule has 0 aromatic heterocycles. The Kier molecular flexibility index (Phi) is 8.47. The van der Waals surface area contributed by atoms with Crippen LogP contribution in [0.25, 0.3) is 10.8 Å². The van der Waals surface area contributed by atoms with Crippen LogP contribution in [-0.2, 0) is 9.53 Å². The molecule has 3 heteroatoms. The van der Waals surface area contributed by atoms with Crippen molar-refractivity contribution in [3.63, 3.8) is 0 Å². The normalized spacial score (nSPS) is 10.7. The number of rotatable bonds is 11. The van der Waals surface area contributed by atoms with E-state index in [2.05, 4.69) is 49.0 Å². The minimum atomic E-state index is -0.319. The van der Waals surface area contributed by atoms with E-state index in [1.807, 2.05) is 11.8 Å². The standard InChI is InChI=1S/C21H26O2S/c1-2-21(22)23-15-9-5-3-4-6-10-16-24-20-14-13-18-11-7-8-12-19(18)17-20/h2,7-8,11-14,17H,1,3-6,9-10,15-16H2. The van der Waals surface area contributed by atoms with Crippen LogP contribution in [0.4, 0.5) is 0 Å². The molecule has 0 unspecified atom stereocenters. The van der Waals surface area contributed by atoms with E-state index in [0.29, 0.717) is 6.61 Å². The zero-order chi connectivity index (χ0) is 17.0. The molecule has 2 aromatic carbocycles. The summed E-state index contributed by atoms with van der Waals surface area (Å²) in [4.78, 5) is 12.2. The highest BCUT2D eigenvalue weighted by atomic mass is 32.2. The van der Waals surface area contributed by atoms with E-state index in [0.717, 1.165) is 12.8 Å². The summed E-state index contributed by atoms with van der Waals surface area (Å²) in [5.74, 6) is 0.857. The molecule has 2 rings (SSSR count). The monoisotopic (exact) mass is 342 g/mol. The number of unbranched alkanes of at least 4 members (excludes halogenated alkanes) is 5. The highest BCUT2D eigenvalue weighted by Crippen LogP contribution is 2.24. The van der Waals surface area contributed by atoms with Crippen molar-refractivity contribution in [3.05, 3.63) is 55.1 Å². The van der Waals surface area contributed by atoms with Gasteiger partial charge in [0.1, 0.15) is 0 Å². The molecule has 2 aromatic rings. The number of carbonyl (C=O) groups is 1. The van der Waals surface area contributed by atoms with Gasteiger partial charge in [-0.25, -0.2) is 4.79 Å². The van der Waals surface area contributed by atoms with E-state index in [1.165, 1.54) is 53.2 Å². The predicted octanol–water partition coefficient (Wildman–Crippen LogP) is 6.00. The van der Waals surface area contributed by atoms with Crippen LogP contribution < -0.4 is 0 Å². The fraction of sp³-hybridized carbons (Fsp3) is 0.381. The molecule has 0 heterocycles. The van der Waals surface area contributed by atoms with Crippen LogP contribution in [0, 0.1) is 0 Å². The summed E-state index contributed by atoms with van der Waals surface area (Å²) in [6.45, 7) is 3.89. The molecule has 0 aliphatic heterocycles. The van der Waals surface area contributed by atoms with E-state index in [9.17, 15) is 4.79 Å². The Morgan fingerprint density at radius 1 is 0.958 bits per heavy atom. The van der Waals surface area contributed by atoms with Crippen molar-refractivity contribution in [2.75, 3.05) is 12.4 Å². The summed E-state index contributed by atoms with van der Waals surface area (Å²) in [6, 6.07) is 15.2. The molecule has 0 fully saturated rings. The molecular formula is C21H26O2S. The Balaban J connectivity index is 1.50. The molecule has 0 atom stereocenters. The van der Waals surface area contributed by atoms with Crippen LogP contribution >= 0.6 is 11.8 Å². The second kappa shape index (κ2) is 10.9. The van der Waals surface area contributed by atoms with Crippen LogP contribution in [0.1, 0.15) is 38.5 Å². The van der Waals surface area contributed by atoms with Crippen molar-refractivity contribution in [2.24, 2.45) is 0 Å². The number of ether oxygens (including phenoxy) is 1. The van der Waals surface area contributed by atoms with E-state index in [4.69, 9.17) is 4.74 Å². The van der Waals surface area contributed by atoms with Gasteiger partial charge in [0.25, 0.3) is 0 Å². The highest BCUT2D eigenvalue weighted by Gasteiger charge is 1.98. The van der Waals surface area contributed by atoms with Gasteiger partial charge in [0.2, 0.25) is 0 Å². The molecular weight excluding hydrogens is 316 g/mol. The topological polar surface area (TPSA) is 26.3 Å². The van der Waals surface area contributed by atoms with Gasteiger partial charge in [-0.05, 0) is 41.5 Å². The minimum Gasteiger partial charge on any atom is -0.463 e. The van der Waals surface area contributed by atoms with Crippen LogP contribution in [-0.4, -0.2) is 18.3 Å². The Labute approximate surface area is 149 Å². The minimum absolute atomic E-state index is 0.319. The van der Waals surface area contributed by atoms with Gasteiger partial charge >= 0.3 is 5.97 Å². The third-order valence-corrected chi connectivity index (χ3v) is 5.02. The summed E-state index contributed by atoms with van der Waals surface area (Å²) in [5, 5.41) is 2.63. The summed E-state index contributed by atoms with van der Waals surface area (Å²) in [6.07, 6.45) is 8.29. The zero-order valence-corrected chi connectivity index (χ0v) is 15.0. The third kappa shape index (κ3) is 6.79. The highest BCUT2D eigenvalue weighted by molar-refractivity contribution is 7.99. The number of hydrogen-bond donors (Lipinski definition) is 0. The zero-order valence-electron chi connectivity index (χ0n) is 14.2. The molecule has 0 N–H and O–H groups in total. The molecule has 2 nitrogen and oxygen atoms in total. The summed E-state index contributed by atoms with van der Waals surface area (Å²) < 4.78 is 4.96. The lowest BCUT2D eigenvalue weighted by molar-refractivity contribution is -0.137. The van der Waals surface area contributed by atoms with Crippen LogP contribution in [0.3, 0.4) is 0 Å². The molecule has 0 aliphatic carbocycles. The number of carbonyl (C=O) groups excluding carboxylic acids is 1. The second-order valence-electron chi connectivity index (χ2n) is 5.85. The van der Waals surface area contributed by atoms with Crippen molar-refractivity contribution in [2.45, 2.75) is 43.4 Å². The maximum Gasteiger partial charge on any atom is 0.330 e. The van der Waals surface area contributed by atoms with Crippen molar-refractivity contribution in [3.8, 4) is 0 Å². The Bertz CT molecular complexity index is 651. The fourth-order valence-corrected chi connectivity index (χ4v) is 3.55. The second-order valence-corrected chi connectivity index (χ2v) is 7.02. The van der Waals surface area contributed by atoms with Gasteiger partial charge in [-0.3, -0.25) is 0 Å². The van der Waals surface area contributed by atoms with Crippen LogP contribution in [0.2, 0.25) is 0 Å². The van der Waals surface area contributed by atoms with Crippen molar-refractivity contribution >= 4 is 28.5 Å². The first-order valence-corrected chi connectivity index (χ1v) is 9.69. The Morgan fingerprint density at radius 3 is 2.46 bits per heavy atom. The Hall–Kier alpha value is -1.74. The number of benzene rings is 2. The average molecular weight is 343 g/mol. The SMILES string of the molecule is C=CC(=O)OCCCCCCCCSc1ccc2ccccc2c1. The van der Waals surface area contributed by atoms with Gasteiger partial charge in [-0.2, -0.15) is 0 Å².